The van der Waals surface area contributed by atoms with Crippen LogP contribution in [0.5, 0.6) is 5.75 Å². The Labute approximate surface area is 218 Å². The quantitative estimate of drug-likeness (QED) is 0.347. The number of piperidine rings is 1. The topological polar surface area (TPSA) is 80.6 Å². The number of anilines is 1. The fraction of sp³-hybridized carbons (Fsp3) is 0.345. The lowest BCUT2D eigenvalue weighted by molar-refractivity contribution is -0.120. The van der Waals surface area contributed by atoms with E-state index in [0.29, 0.717) is 38.3 Å². The average molecular weight is 520 g/mol. The van der Waals surface area contributed by atoms with Crippen LogP contribution in [-0.4, -0.2) is 42.9 Å². The van der Waals surface area contributed by atoms with Crippen LogP contribution < -0.4 is 10.1 Å². The number of nitrogens with one attached hydrogen (secondary N) is 1. The number of rotatable bonds is 7. The number of para-hydroxylation sites is 1. The van der Waals surface area contributed by atoms with Gasteiger partial charge >= 0.3 is 0 Å². The Morgan fingerprint density at radius 2 is 1.70 bits per heavy atom. The van der Waals surface area contributed by atoms with Gasteiger partial charge in [-0.3, -0.25) is 4.79 Å². The fourth-order valence-electron chi connectivity index (χ4n) is 5.32. The third-order valence-corrected chi connectivity index (χ3v) is 9.16. The predicted molar refractivity (Wildman–Crippen MR) is 148 cm³/mol. The van der Waals surface area contributed by atoms with Crippen molar-refractivity contribution in [2.24, 2.45) is 5.92 Å². The number of aromatic nitrogens is 1. The number of hydrogen-bond donors (Lipinski definition) is 1. The number of amides is 1. The van der Waals surface area contributed by atoms with E-state index in [0.717, 1.165) is 28.7 Å². The van der Waals surface area contributed by atoms with Gasteiger partial charge in [-0.25, -0.2) is 8.42 Å². The molecule has 8 heteroatoms. The fourth-order valence-corrected chi connectivity index (χ4v) is 6.88. The van der Waals surface area contributed by atoms with Gasteiger partial charge in [-0.05, 0) is 81.6 Å². The van der Waals surface area contributed by atoms with Gasteiger partial charge < -0.3 is 14.6 Å². The average Bonchev–Trinajstić information content (AvgIpc) is 3.23. The van der Waals surface area contributed by atoms with Gasteiger partial charge in [0.05, 0.1) is 11.5 Å². The molecule has 1 fully saturated rings. The van der Waals surface area contributed by atoms with Crippen molar-refractivity contribution >= 4 is 43.4 Å². The van der Waals surface area contributed by atoms with Crippen molar-refractivity contribution in [3.63, 3.8) is 0 Å². The summed E-state index contributed by atoms with van der Waals surface area (Å²) in [5, 5.41) is 5.35. The van der Waals surface area contributed by atoms with Crippen LogP contribution in [0.15, 0.2) is 65.6 Å². The van der Waals surface area contributed by atoms with Crippen LogP contribution in [0.1, 0.15) is 32.3 Å². The standard InChI is InChI=1S/C29H33N3O4S/c1-4-32-26-9-7-6-8-24(26)25-19-22(10-12-27(25)32)30-29(33)21-14-16-31(17-15-21)37(34,35)23-11-13-28(36-5-2)20(3)18-23/h6-13,18-19,21H,4-5,14-17H2,1-3H3,(H,30,33). The van der Waals surface area contributed by atoms with E-state index in [1.165, 1.54) is 15.2 Å². The van der Waals surface area contributed by atoms with Crippen LogP contribution in [0.4, 0.5) is 5.69 Å². The lowest BCUT2D eigenvalue weighted by Gasteiger charge is -2.30. The van der Waals surface area contributed by atoms with Crippen molar-refractivity contribution in [1.82, 2.24) is 8.87 Å². The summed E-state index contributed by atoms with van der Waals surface area (Å²) < 4.78 is 35.7. The minimum Gasteiger partial charge on any atom is -0.494 e. The number of carbonyl (C=O) groups excluding carboxylic acids is 1. The zero-order valence-corrected chi connectivity index (χ0v) is 22.3. The summed E-state index contributed by atoms with van der Waals surface area (Å²) in [6.45, 7) is 7.90. The van der Waals surface area contributed by atoms with Crippen LogP contribution in [0, 0.1) is 12.8 Å². The van der Waals surface area contributed by atoms with Crippen LogP contribution in [-0.2, 0) is 21.4 Å². The molecule has 2 heterocycles. The Bertz CT molecular complexity index is 1570. The smallest absolute Gasteiger partial charge is 0.243 e. The third-order valence-electron chi connectivity index (χ3n) is 7.26. The molecule has 0 radical (unpaired) electrons. The van der Waals surface area contributed by atoms with Crippen molar-refractivity contribution in [3.05, 3.63) is 66.2 Å². The van der Waals surface area contributed by atoms with Gasteiger partial charge in [0.2, 0.25) is 15.9 Å². The highest BCUT2D eigenvalue weighted by atomic mass is 32.2. The molecule has 1 aliphatic rings. The monoisotopic (exact) mass is 519 g/mol. The molecule has 7 nitrogen and oxygen atoms in total. The Kier molecular flexibility index (Phi) is 6.96. The number of fused-ring (bicyclic) bond motifs is 3. The summed E-state index contributed by atoms with van der Waals surface area (Å²) in [6, 6.07) is 19.3. The minimum atomic E-state index is -3.63. The van der Waals surface area contributed by atoms with Gasteiger partial charge in [0.25, 0.3) is 0 Å². The number of aryl methyl sites for hydroxylation is 2. The van der Waals surface area contributed by atoms with Crippen LogP contribution in [0.2, 0.25) is 0 Å². The molecule has 0 unspecified atom stereocenters. The molecule has 1 N–H and O–H groups in total. The van der Waals surface area contributed by atoms with Gasteiger partial charge in [-0.1, -0.05) is 18.2 Å². The zero-order chi connectivity index (χ0) is 26.2. The highest BCUT2D eigenvalue weighted by Gasteiger charge is 2.32. The van der Waals surface area contributed by atoms with Crippen molar-refractivity contribution in [1.29, 1.82) is 0 Å². The number of benzene rings is 3. The van der Waals surface area contributed by atoms with E-state index in [9.17, 15) is 13.2 Å². The minimum absolute atomic E-state index is 0.0625. The second kappa shape index (κ2) is 10.2. The third kappa shape index (κ3) is 4.71. The Balaban J connectivity index is 1.27. The van der Waals surface area contributed by atoms with Crippen LogP contribution >= 0.6 is 0 Å². The summed E-state index contributed by atoms with van der Waals surface area (Å²) in [5.41, 5.74) is 3.87. The molecule has 1 amide bonds. The highest BCUT2D eigenvalue weighted by molar-refractivity contribution is 7.89. The van der Waals surface area contributed by atoms with Gasteiger partial charge in [0.1, 0.15) is 5.75 Å². The maximum absolute atomic E-state index is 13.2. The lowest BCUT2D eigenvalue weighted by atomic mass is 9.97. The first-order valence-corrected chi connectivity index (χ1v) is 14.3. The second-order valence-electron chi connectivity index (χ2n) is 9.52. The predicted octanol–water partition coefficient (Wildman–Crippen LogP) is 5.56. The van der Waals surface area contributed by atoms with Crippen molar-refractivity contribution in [2.45, 2.75) is 45.1 Å². The van der Waals surface area contributed by atoms with E-state index in [2.05, 4.69) is 35.0 Å². The largest absolute Gasteiger partial charge is 0.494 e. The molecular weight excluding hydrogens is 486 g/mol. The molecule has 0 atom stereocenters. The molecule has 0 bridgehead atoms. The van der Waals surface area contributed by atoms with E-state index in [-0.39, 0.29) is 16.7 Å². The van der Waals surface area contributed by atoms with Crippen LogP contribution in [0.3, 0.4) is 0 Å². The molecule has 4 aromatic rings. The van der Waals surface area contributed by atoms with E-state index in [4.69, 9.17) is 4.74 Å². The molecule has 194 valence electrons. The SMILES string of the molecule is CCOc1ccc(S(=O)(=O)N2CCC(C(=O)Nc3ccc4c(c3)c3ccccc3n4CC)CC2)cc1C. The summed E-state index contributed by atoms with van der Waals surface area (Å²) >= 11 is 0. The molecule has 1 aliphatic heterocycles. The summed E-state index contributed by atoms with van der Waals surface area (Å²) in [5.74, 6) is 0.392. The number of sulfonamides is 1. The van der Waals surface area contributed by atoms with Gasteiger partial charge in [-0.2, -0.15) is 4.31 Å². The van der Waals surface area contributed by atoms with Gasteiger partial charge in [-0.15, -0.1) is 0 Å². The van der Waals surface area contributed by atoms with Gasteiger partial charge in [0, 0.05) is 53.0 Å². The first kappa shape index (κ1) is 25.3. The highest BCUT2D eigenvalue weighted by Crippen LogP contribution is 2.32. The Morgan fingerprint density at radius 3 is 2.41 bits per heavy atom. The lowest BCUT2D eigenvalue weighted by Crippen LogP contribution is -2.41. The zero-order valence-electron chi connectivity index (χ0n) is 21.5. The van der Waals surface area contributed by atoms with E-state index in [1.807, 2.05) is 38.1 Å². The van der Waals surface area contributed by atoms with Crippen molar-refractivity contribution < 1.29 is 17.9 Å². The molecule has 1 saturated heterocycles. The molecule has 0 spiro atoms. The second-order valence-corrected chi connectivity index (χ2v) is 11.5. The van der Waals surface area contributed by atoms with Gasteiger partial charge in [0.15, 0.2) is 0 Å². The molecular formula is C29H33N3O4S. The summed E-state index contributed by atoms with van der Waals surface area (Å²) in [7, 11) is -3.63. The Hall–Kier alpha value is -3.36. The molecule has 0 saturated carbocycles. The maximum Gasteiger partial charge on any atom is 0.243 e. The molecule has 0 aliphatic carbocycles. The number of nitrogens with zero attached hydrogens (tertiary/aromatic N) is 2. The van der Waals surface area contributed by atoms with E-state index in [1.54, 1.807) is 18.2 Å². The summed E-state index contributed by atoms with van der Waals surface area (Å²) in [4.78, 5) is 13.4. The number of carbonyl (C=O) groups is 1. The van der Waals surface area contributed by atoms with Crippen molar-refractivity contribution in [2.75, 3.05) is 25.0 Å². The summed E-state index contributed by atoms with van der Waals surface area (Å²) in [6.07, 6.45) is 0.969. The van der Waals surface area contributed by atoms with Crippen molar-refractivity contribution in [3.8, 4) is 5.75 Å². The first-order valence-electron chi connectivity index (χ1n) is 12.9. The molecule has 5 rings (SSSR count). The first-order chi connectivity index (χ1) is 17.8. The Morgan fingerprint density at radius 1 is 0.973 bits per heavy atom. The van der Waals surface area contributed by atoms with Crippen LogP contribution in [0.25, 0.3) is 21.8 Å². The molecule has 1 aromatic heterocycles. The maximum atomic E-state index is 13.2. The number of ether oxygens (including phenoxy) is 1. The molecule has 37 heavy (non-hydrogen) atoms. The van der Waals surface area contributed by atoms with E-state index < -0.39 is 10.0 Å². The number of hydrogen-bond acceptors (Lipinski definition) is 4. The molecule has 3 aromatic carbocycles. The van der Waals surface area contributed by atoms with E-state index >= 15 is 0 Å². The normalized spacial score (nSPS) is 15.3.